The van der Waals surface area contributed by atoms with Crippen LogP contribution in [0.15, 0.2) is 0 Å². The third-order valence-corrected chi connectivity index (χ3v) is 20.2. The predicted molar refractivity (Wildman–Crippen MR) is 391 cm³/mol. The van der Waals surface area contributed by atoms with Crippen molar-refractivity contribution in [1.29, 1.82) is 0 Å². The van der Waals surface area contributed by atoms with Gasteiger partial charge in [0.05, 0.1) is 26.4 Å². The maximum Gasteiger partial charge on any atom is 0.472 e. The molecule has 0 aromatic rings. The zero-order valence-corrected chi connectivity index (χ0v) is 64.5. The number of hydrogen-bond donors (Lipinski definition) is 3. The standard InChI is InChI=1S/C77H150O17P2/c1-7-10-12-14-16-18-20-22-24-26-28-30-32-34-36-41-49-55-61-76(81)93-72(65-87-74(79)59-53-47-40-35-33-31-29-27-25-23-21-19-17-15-13-11-8-2)67-91-95(83,84)89-63-71(78)64-90-96(85,86)92-68-73(66-88-75(80)60-54-48-44-43-45-51-57-69(4)5)94-77(82)62-56-50-42-38-37-39-46-52-58-70(6)9-3/h69-73,78H,7-68H2,1-6H3,(H,83,84)(H,85,86)/t70?,71-,72-,73-/m1/s1. The third kappa shape index (κ3) is 69.2. The van der Waals surface area contributed by atoms with Crippen molar-refractivity contribution in [2.45, 2.75) is 419 Å². The minimum atomic E-state index is -4.96. The summed E-state index contributed by atoms with van der Waals surface area (Å²) in [6, 6.07) is 0. The Morgan fingerprint density at radius 1 is 0.302 bits per heavy atom. The molecule has 0 aromatic carbocycles. The highest BCUT2D eigenvalue weighted by molar-refractivity contribution is 7.47. The molecule has 0 saturated carbocycles. The average molecular weight is 1410 g/mol. The number of hydrogen-bond acceptors (Lipinski definition) is 15. The molecule has 0 amide bonds. The van der Waals surface area contributed by atoms with E-state index in [9.17, 15) is 43.2 Å². The Morgan fingerprint density at radius 2 is 0.531 bits per heavy atom. The largest absolute Gasteiger partial charge is 0.472 e. The zero-order valence-electron chi connectivity index (χ0n) is 62.7. The van der Waals surface area contributed by atoms with Crippen LogP contribution >= 0.6 is 15.6 Å². The van der Waals surface area contributed by atoms with Gasteiger partial charge >= 0.3 is 39.5 Å². The SMILES string of the molecule is CCCCCCCCCCCCCCCCCCCCC(=O)O[C@H](COC(=O)CCCCCCCCCCCCCCCCCCC)COP(=O)(O)OC[C@@H](O)COP(=O)(O)OC[C@@H](COC(=O)CCCCCCCCC(C)C)OC(=O)CCCCCCCCCCC(C)CC. The molecule has 19 heteroatoms. The van der Waals surface area contributed by atoms with Gasteiger partial charge in [0, 0.05) is 25.7 Å². The average Bonchev–Trinajstić information content (AvgIpc) is 1.41. The molecular formula is C77H150O17P2. The molecule has 0 saturated heterocycles. The summed E-state index contributed by atoms with van der Waals surface area (Å²) in [5, 5.41) is 10.6. The molecule has 0 heterocycles. The van der Waals surface area contributed by atoms with E-state index in [0.29, 0.717) is 31.6 Å². The van der Waals surface area contributed by atoms with Gasteiger partial charge in [0.15, 0.2) is 12.2 Å². The Kier molecular flexibility index (Phi) is 67.4. The van der Waals surface area contributed by atoms with E-state index >= 15 is 0 Å². The Balaban J connectivity index is 5.23. The molecule has 0 radical (unpaired) electrons. The van der Waals surface area contributed by atoms with Crippen LogP contribution in [-0.4, -0.2) is 96.7 Å². The van der Waals surface area contributed by atoms with Crippen molar-refractivity contribution in [1.82, 2.24) is 0 Å². The highest BCUT2D eigenvalue weighted by atomic mass is 31.2. The highest BCUT2D eigenvalue weighted by Crippen LogP contribution is 2.45. The minimum Gasteiger partial charge on any atom is -0.462 e. The Morgan fingerprint density at radius 3 is 0.792 bits per heavy atom. The summed E-state index contributed by atoms with van der Waals surface area (Å²) in [6.07, 6.45) is 57.1. The summed E-state index contributed by atoms with van der Waals surface area (Å²) < 4.78 is 68.5. The van der Waals surface area contributed by atoms with Gasteiger partial charge in [-0.3, -0.25) is 37.3 Å². The Bertz CT molecular complexity index is 1860. The van der Waals surface area contributed by atoms with Gasteiger partial charge in [-0.25, -0.2) is 9.13 Å². The number of esters is 4. The summed E-state index contributed by atoms with van der Waals surface area (Å²) in [5.41, 5.74) is 0. The lowest BCUT2D eigenvalue weighted by molar-refractivity contribution is -0.161. The van der Waals surface area contributed by atoms with Crippen LogP contribution in [0.2, 0.25) is 0 Å². The van der Waals surface area contributed by atoms with Crippen LogP contribution in [-0.2, 0) is 65.4 Å². The quantitative estimate of drug-likeness (QED) is 0.0222. The van der Waals surface area contributed by atoms with Gasteiger partial charge in [0.25, 0.3) is 0 Å². The number of carbonyl (C=O) groups excluding carboxylic acids is 4. The van der Waals surface area contributed by atoms with Crippen molar-refractivity contribution in [3.05, 3.63) is 0 Å². The first-order valence-electron chi connectivity index (χ1n) is 40.0. The summed E-state index contributed by atoms with van der Waals surface area (Å²) in [4.78, 5) is 72.8. The van der Waals surface area contributed by atoms with Crippen molar-refractivity contribution < 1.29 is 80.2 Å². The fourth-order valence-corrected chi connectivity index (χ4v) is 13.4. The second-order valence-electron chi connectivity index (χ2n) is 28.5. The van der Waals surface area contributed by atoms with E-state index in [0.717, 1.165) is 102 Å². The number of phosphoric ester groups is 2. The molecule has 3 unspecified atom stereocenters. The van der Waals surface area contributed by atoms with Gasteiger partial charge in [0.1, 0.15) is 19.3 Å². The van der Waals surface area contributed by atoms with Gasteiger partial charge < -0.3 is 33.8 Å². The first-order valence-corrected chi connectivity index (χ1v) is 43.0. The van der Waals surface area contributed by atoms with Gasteiger partial charge in [-0.1, -0.05) is 350 Å². The first-order chi connectivity index (χ1) is 46.4. The van der Waals surface area contributed by atoms with Crippen LogP contribution in [0.5, 0.6) is 0 Å². The number of unbranched alkanes of at least 4 members (excludes halogenated alkanes) is 45. The fourth-order valence-electron chi connectivity index (χ4n) is 11.8. The predicted octanol–water partition coefficient (Wildman–Crippen LogP) is 22.7. The van der Waals surface area contributed by atoms with Crippen molar-refractivity contribution >= 4 is 39.5 Å². The molecule has 96 heavy (non-hydrogen) atoms. The summed E-state index contributed by atoms with van der Waals surface area (Å²) in [5.74, 6) is -0.669. The summed E-state index contributed by atoms with van der Waals surface area (Å²) >= 11 is 0. The normalized spacial score (nSPS) is 14.3. The molecule has 0 aliphatic heterocycles. The minimum absolute atomic E-state index is 0.104. The highest BCUT2D eigenvalue weighted by Gasteiger charge is 2.30. The number of ether oxygens (including phenoxy) is 4. The van der Waals surface area contributed by atoms with E-state index in [1.165, 1.54) is 212 Å². The van der Waals surface area contributed by atoms with Crippen molar-refractivity contribution in [2.75, 3.05) is 39.6 Å². The number of phosphoric acid groups is 2. The lowest BCUT2D eigenvalue weighted by Crippen LogP contribution is -2.30. The zero-order chi connectivity index (χ0) is 70.7. The topological polar surface area (TPSA) is 237 Å². The molecule has 0 aliphatic rings. The maximum atomic E-state index is 13.1. The number of carbonyl (C=O) groups is 4. The van der Waals surface area contributed by atoms with Crippen LogP contribution in [0.4, 0.5) is 0 Å². The lowest BCUT2D eigenvalue weighted by atomic mass is 9.99. The molecule has 570 valence electrons. The van der Waals surface area contributed by atoms with E-state index in [1.54, 1.807) is 0 Å². The lowest BCUT2D eigenvalue weighted by Gasteiger charge is -2.21. The van der Waals surface area contributed by atoms with Crippen molar-refractivity contribution in [2.24, 2.45) is 11.8 Å². The summed E-state index contributed by atoms with van der Waals surface area (Å²) in [7, 11) is -9.91. The van der Waals surface area contributed by atoms with Crippen LogP contribution in [0.25, 0.3) is 0 Å². The molecule has 0 bridgehead atoms. The van der Waals surface area contributed by atoms with Crippen LogP contribution in [0.1, 0.15) is 401 Å². The smallest absolute Gasteiger partial charge is 0.462 e. The molecular weight excluding hydrogens is 1260 g/mol. The van der Waals surface area contributed by atoms with Crippen molar-refractivity contribution in [3.8, 4) is 0 Å². The molecule has 0 aromatic heterocycles. The number of rotatable bonds is 76. The Hall–Kier alpha value is -1.94. The van der Waals surface area contributed by atoms with Crippen molar-refractivity contribution in [3.63, 3.8) is 0 Å². The molecule has 17 nitrogen and oxygen atoms in total. The van der Waals surface area contributed by atoms with Gasteiger partial charge in [-0.05, 0) is 37.5 Å². The van der Waals surface area contributed by atoms with E-state index in [1.807, 2.05) is 0 Å². The van der Waals surface area contributed by atoms with E-state index in [2.05, 4.69) is 41.5 Å². The molecule has 3 N–H and O–H groups in total. The second kappa shape index (κ2) is 68.8. The second-order valence-corrected chi connectivity index (χ2v) is 31.4. The maximum absolute atomic E-state index is 13.1. The van der Waals surface area contributed by atoms with Gasteiger partial charge in [-0.2, -0.15) is 0 Å². The first kappa shape index (κ1) is 94.1. The molecule has 0 fully saturated rings. The van der Waals surface area contributed by atoms with E-state index < -0.39 is 97.5 Å². The molecule has 6 atom stereocenters. The van der Waals surface area contributed by atoms with Crippen LogP contribution < -0.4 is 0 Å². The van der Waals surface area contributed by atoms with Gasteiger partial charge in [-0.15, -0.1) is 0 Å². The monoisotopic (exact) mass is 1410 g/mol. The molecule has 0 aliphatic carbocycles. The fraction of sp³-hybridized carbons (Fsp3) is 0.948. The number of aliphatic hydroxyl groups is 1. The van der Waals surface area contributed by atoms with Crippen LogP contribution in [0, 0.1) is 11.8 Å². The van der Waals surface area contributed by atoms with Crippen LogP contribution in [0.3, 0.4) is 0 Å². The molecule has 0 spiro atoms. The Labute approximate surface area is 588 Å². The van der Waals surface area contributed by atoms with E-state index in [4.69, 9.17) is 37.0 Å². The molecule has 0 rings (SSSR count). The van der Waals surface area contributed by atoms with E-state index in [-0.39, 0.29) is 25.7 Å². The van der Waals surface area contributed by atoms with Gasteiger partial charge in [0.2, 0.25) is 0 Å². The third-order valence-electron chi connectivity index (χ3n) is 18.3. The number of aliphatic hydroxyl groups excluding tert-OH is 1. The summed E-state index contributed by atoms with van der Waals surface area (Å²) in [6.45, 7) is 9.52.